The molecule has 0 spiro atoms. The van der Waals surface area contributed by atoms with Gasteiger partial charge in [0, 0.05) is 49.9 Å². The van der Waals surface area contributed by atoms with Crippen molar-refractivity contribution < 1.29 is 54.6 Å². The minimum Gasteiger partial charge on any atom is -0.507 e. The molecule has 0 bridgehead atoms. The van der Waals surface area contributed by atoms with E-state index in [9.17, 15) is 55.5 Å². The molecule has 1 amide bonds. The molecule has 4 aromatic rings. The number of nitrogens with one attached hydrogen (secondary N) is 2. The third-order valence-corrected chi connectivity index (χ3v) is 6.92. The van der Waals surface area contributed by atoms with E-state index in [0.717, 1.165) is 49.9 Å². The molecule has 17 heteroatoms. The van der Waals surface area contributed by atoms with Crippen molar-refractivity contribution in [1.82, 2.24) is 15.2 Å². The Morgan fingerprint density at radius 2 is 1.61 bits per heavy atom. The van der Waals surface area contributed by atoms with Gasteiger partial charge >= 0.3 is 23.9 Å². The Morgan fingerprint density at radius 1 is 0.939 bits per heavy atom. The van der Waals surface area contributed by atoms with Crippen LogP contribution in [0.3, 0.4) is 0 Å². The summed E-state index contributed by atoms with van der Waals surface area (Å²) in [4.78, 5) is 38.8. The van der Waals surface area contributed by atoms with Crippen LogP contribution in [0.5, 0.6) is 5.75 Å². The first kappa shape index (κ1) is 36.2. The van der Waals surface area contributed by atoms with Gasteiger partial charge in [-0.3, -0.25) is 19.3 Å². The zero-order valence-electron chi connectivity index (χ0n) is 25.0. The largest absolute Gasteiger partial charge is 0.507 e. The second kappa shape index (κ2) is 15.1. The van der Waals surface area contributed by atoms with Gasteiger partial charge in [0.05, 0.1) is 12.0 Å². The van der Waals surface area contributed by atoms with Gasteiger partial charge in [0.2, 0.25) is 0 Å². The zero-order valence-corrected chi connectivity index (χ0v) is 25.0. The Kier molecular flexibility index (Phi) is 11.2. The summed E-state index contributed by atoms with van der Waals surface area (Å²) < 4.78 is 85.8. The number of benzene rings is 2. The summed E-state index contributed by atoms with van der Waals surface area (Å²) in [6.45, 7) is 4.52. The Labute approximate surface area is 272 Å². The first-order valence-corrected chi connectivity index (χ1v) is 14.1. The Morgan fingerprint density at radius 3 is 2.18 bits per heavy atom. The van der Waals surface area contributed by atoms with Crippen molar-refractivity contribution in [2.45, 2.75) is 18.9 Å². The summed E-state index contributed by atoms with van der Waals surface area (Å²) >= 11 is 0. The number of halogens is 7. The molecule has 49 heavy (non-hydrogen) atoms. The maximum absolute atomic E-state index is 13.7. The van der Waals surface area contributed by atoms with Crippen LogP contribution in [0.25, 0.3) is 22.4 Å². The van der Waals surface area contributed by atoms with Crippen LogP contribution in [-0.2, 0) is 16.1 Å². The number of phenols is 1. The number of Topliss-reactive ketones (excluding diaryl/α,β-unsaturated/α-hetero) is 2. The topological polar surface area (TPSA) is 149 Å². The van der Waals surface area contributed by atoms with Crippen LogP contribution >= 0.6 is 0 Å². The van der Waals surface area contributed by atoms with Crippen molar-refractivity contribution in [3.05, 3.63) is 89.6 Å². The monoisotopic (exact) mass is 691 g/mol. The number of rotatable bonds is 7. The number of anilines is 1. The number of phenolic OH excluding ortho intramolecular Hbond substituents is 1. The van der Waals surface area contributed by atoms with Crippen molar-refractivity contribution in [2.75, 3.05) is 31.5 Å². The van der Waals surface area contributed by atoms with Crippen LogP contribution in [0.15, 0.2) is 71.3 Å². The fourth-order valence-corrected chi connectivity index (χ4v) is 4.63. The van der Waals surface area contributed by atoms with E-state index in [1.165, 1.54) is 24.5 Å². The summed E-state index contributed by atoms with van der Waals surface area (Å²) in [5.74, 6) is -8.23. The molecule has 2 aromatic carbocycles. The van der Waals surface area contributed by atoms with Crippen molar-refractivity contribution in [3.63, 3.8) is 0 Å². The summed E-state index contributed by atoms with van der Waals surface area (Å²) in [6, 6.07) is 18.4. The molecule has 0 unspecified atom stereocenters. The van der Waals surface area contributed by atoms with Crippen LogP contribution < -0.4 is 10.6 Å². The highest BCUT2D eigenvalue weighted by Crippen LogP contribution is 2.36. The number of hydrogen-bond donors (Lipinski definition) is 3. The number of hydrogen-bond acceptors (Lipinski definition) is 9. The van der Waals surface area contributed by atoms with Crippen LogP contribution in [0.2, 0.25) is 0 Å². The highest BCUT2D eigenvalue weighted by atomic mass is 19.4. The van der Waals surface area contributed by atoms with Gasteiger partial charge in [-0.2, -0.15) is 31.6 Å². The minimum atomic E-state index is -5.77. The maximum atomic E-state index is 13.7. The Balaban J connectivity index is 0.000000386. The quantitative estimate of drug-likeness (QED) is 0.166. The van der Waals surface area contributed by atoms with Gasteiger partial charge in [0.15, 0.2) is 11.6 Å². The lowest BCUT2D eigenvalue weighted by Gasteiger charge is -2.27. The van der Waals surface area contributed by atoms with E-state index in [0.29, 0.717) is 5.56 Å². The highest BCUT2D eigenvalue weighted by molar-refractivity contribution is 6.41. The predicted octanol–water partition coefficient (Wildman–Crippen LogP) is 5.63. The number of aromatic nitrogens is 1. The molecule has 0 atom stereocenters. The van der Waals surface area contributed by atoms with Crippen molar-refractivity contribution >= 4 is 23.3 Å². The fraction of sp³-hybridized carbons (Fsp3) is 0.219. The van der Waals surface area contributed by atoms with Gasteiger partial charge in [-0.05, 0) is 47.5 Å². The zero-order chi connectivity index (χ0) is 35.9. The molecule has 2 aromatic heterocycles. The van der Waals surface area contributed by atoms with E-state index < -0.39 is 35.6 Å². The molecule has 1 saturated heterocycles. The number of amides is 1. The van der Waals surface area contributed by atoms with Crippen LogP contribution in [0.4, 0.5) is 36.6 Å². The first-order chi connectivity index (χ1) is 23.1. The molecule has 1 fully saturated rings. The fourth-order valence-electron chi connectivity index (χ4n) is 4.63. The minimum absolute atomic E-state index is 0.00707. The van der Waals surface area contributed by atoms with Gasteiger partial charge < -0.3 is 20.2 Å². The lowest BCUT2D eigenvalue weighted by Crippen LogP contribution is -2.42. The highest BCUT2D eigenvalue weighted by Gasteiger charge is 2.54. The van der Waals surface area contributed by atoms with E-state index >= 15 is 0 Å². The van der Waals surface area contributed by atoms with Crippen molar-refractivity contribution in [2.24, 2.45) is 0 Å². The number of furan rings is 1. The van der Waals surface area contributed by atoms with Gasteiger partial charge in [-0.15, -0.1) is 0 Å². The van der Waals surface area contributed by atoms with E-state index in [1.54, 1.807) is 12.1 Å². The number of carbonyl (C=O) groups excluding carboxylic acids is 3. The van der Waals surface area contributed by atoms with Crippen LogP contribution in [0, 0.1) is 17.1 Å². The van der Waals surface area contributed by atoms with E-state index in [1.807, 2.05) is 24.3 Å². The molecular weight excluding hydrogens is 667 g/mol. The standard InChI is InChI=1S/C28H24FN5O3.C4F6O2/c29-20-6-7-21(25(35)14-20)24-15-22(19-4-1-3-18(13-19)17-34-10-8-31-9-11-34)23(16-30)27(32-24)33-28(36)26-5-2-12-37-26;5-3(6,7)1(11)2(12)4(8,9)10/h1-7,12-15,31,35H,8-11,17H2,(H,32,33,36);. The molecule has 1 aliphatic heterocycles. The molecule has 0 saturated carbocycles. The number of nitriles is 1. The van der Waals surface area contributed by atoms with Crippen molar-refractivity contribution in [1.29, 1.82) is 5.26 Å². The maximum Gasteiger partial charge on any atom is 0.458 e. The molecule has 10 nitrogen and oxygen atoms in total. The summed E-state index contributed by atoms with van der Waals surface area (Å²) in [7, 11) is 0. The Hall–Kier alpha value is -5.60. The summed E-state index contributed by atoms with van der Waals surface area (Å²) in [5, 5.41) is 26.5. The normalized spacial score (nSPS) is 13.5. The first-order valence-electron chi connectivity index (χ1n) is 14.1. The predicted molar refractivity (Wildman–Crippen MR) is 158 cm³/mol. The van der Waals surface area contributed by atoms with Crippen LogP contribution in [-0.4, -0.2) is 71.0 Å². The number of piperazine rings is 1. The lowest BCUT2D eigenvalue weighted by atomic mass is 9.96. The van der Waals surface area contributed by atoms with Crippen LogP contribution in [0.1, 0.15) is 21.7 Å². The Bertz CT molecular complexity index is 1860. The van der Waals surface area contributed by atoms with Gasteiger partial charge in [0.1, 0.15) is 23.2 Å². The molecule has 0 radical (unpaired) electrons. The SMILES string of the molecule is N#Cc1c(-c2cccc(CN3CCNCC3)c2)cc(-c2ccc(F)cc2O)nc1NC(=O)c1ccco1.O=C(C(=O)C(F)(F)F)C(F)(F)F. The van der Waals surface area contributed by atoms with E-state index in [4.69, 9.17) is 4.42 Å². The molecule has 5 rings (SSSR count). The molecule has 1 aliphatic rings. The molecular formula is C32H24F7N5O5. The molecule has 0 aliphatic carbocycles. The number of nitrogens with zero attached hydrogens (tertiary/aromatic N) is 3. The summed E-state index contributed by atoms with van der Waals surface area (Å²) in [6.07, 6.45) is -10.2. The van der Waals surface area contributed by atoms with E-state index in [2.05, 4.69) is 26.6 Å². The number of pyridine rings is 1. The molecule has 3 N–H and O–H groups in total. The average molecular weight is 692 g/mol. The number of aromatic hydroxyl groups is 1. The molecule has 3 heterocycles. The average Bonchev–Trinajstić information content (AvgIpc) is 3.59. The van der Waals surface area contributed by atoms with Gasteiger partial charge in [-0.25, -0.2) is 9.37 Å². The second-order valence-corrected chi connectivity index (χ2v) is 10.4. The molecule has 256 valence electrons. The van der Waals surface area contributed by atoms with Gasteiger partial charge in [0.25, 0.3) is 5.91 Å². The summed E-state index contributed by atoms with van der Waals surface area (Å²) in [5.41, 5.74) is 3.04. The third-order valence-electron chi connectivity index (χ3n) is 6.92. The lowest BCUT2D eigenvalue weighted by molar-refractivity contribution is -0.193. The number of carbonyl (C=O) groups is 3. The number of alkyl halides is 6. The van der Waals surface area contributed by atoms with Gasteiger partial charge in [-0.1, -0.05) is 18.2 Å². The van der Waals surface area contributed by atoms with E-state index in [-0.39, 0.29) is 34.1 Å². The third kappa shape index (κ3) is 9.27. The van der Waals surface area contributed by atoms with Crippen molar-refractivity contribution in [3.8, 4) is 34.2 Å². The smallest absolute Gasteiger partial charge is 0.458 e. The number of ketones is 2. The second-order valence-electron chi connectivity index (χ2n) is 10.4.